The molecule has 1 aliphatic rings. The summed E-state index contributed by atoms with van der Waals surface area (Å²) >= 11 is 3.34. The Labute approximate surface area is 186 Å². The molecule has 2 heterocycles. The highest BCUT2D eigenvalue weighted by molar-refractivity contribution is 9.10. The standard InChI is InChI=1S/C23H19BrFN3O3/c24-17-7-5-15(6-8-17)21(29)19-20(16-3-1-4-18(25)13-16)28(23(31)22(19)30)11-2-10-27-12-9-26-14-27/h1,3-9,12-14,20,29H,2,10-11H2/b21-19+/t20-/m1/s1. The van der Waals surface area contributed by atoms with E-state index >= 15 is 0 Å². The number of hydrogen-bond donors (Lipinski definition) is 1. The normalized spacial score (nSPS) is 18.0. The molecule has 3 aromatic rings. The van der Waals surface area contributed by atoms with Crippen molar-refractivity contribution in [1.29, 1.82) is 0 Å². The third-order valence-electron chi connectivity index (χ3n) is 5.20. The molecule has 1 saturated heterocycles. The van der Waals surface area contributed by atoms with E-state index in [-0.39, 0.29) is 17.9 Å². The number of hydrogen-bond acceptors (Lipinski definition) is 4. The van der Waals surface area contributed by atoms with E-state index in [0.29, 0.717) is 24.1 Å². The summed E-state index contributed by atoms with van der Waals surface area (Å²) in [4.78, 5) is 31.2. The van der Waals surface area contributed by atoms with Gasteiger partial charge in [0.2, 0.25) is 0 Å². The molecule has 0 saturated carbocycles. The topological polar surface area (TPSA) is 75.4 Å². The Balaban J connectivity index is 1.73. The van der Waals surface area contributed by atoms with E-state index < -0.39 is 23.5 Å². The van der Waals surface area contributed by atoms with Gasteiger partial charge in [0.25, 0.3) is 11.7 Å². The maximum atomic E-state index is 14.0. The summed E-state index contributed by atoms with van der Waals surface area (Å²) in [5.74, 6) is -2.25. The zero-order valence-electron chi connectivity index (χ0n) is 16.4. The summed E-state index contributed by atoms with van der Waals surface area (Å²) in [6, 6.07) is 11.6. The molecule has 6 nitrogen and oxygen atoms in total. The predicted molar refractivity (Wildman–Crippen MR) is 116 cm³/mol. The van der Waals surface area contributed by atoms with Crippen molar-refractivity contribution in [3.63, 3.8) is 0 Å². The first-order valence-electron chi connectivity index (χ1n) is 9.71. The average molecular weight is 484 g/mol. The first kappa shape index (κ1) is 21.0. The monoisotopic (exact) mass is 483 g/mol. The maximum absolute atomic E-state index is 14.0. The van der Waals surface area contributed by atoms with E-state index in [1.165, 1.54) is 23.1 Å². The van der Waals surface area contributed by atoms with Gasteiger partial charge in [-0.2, -0.15) is 0 Å². The first-order chi connectivity index (χ1) is 15.0. The Morgan fingerprint density at radius 1 is 1.13 bits per heavy atom. The Morgan fingerprint density at radius 3 is 2.58 bits per heavy atom. The summed E-state index contributed by atoms with van der Waals surface area (Å²) in [6.45, 7) is 0.868. The van der Waals surface area contributed by atoms with Crippen molar-refractivity contribution in [3.8, 4) is 0 Å². The SMILES string of the molecule is O=C1C(=O)N(CCCn2ccnc2)[C@H](c2cccc(F)c2)/C1=C(\O)c1ccc(Br)cc1. The molecular formula is C23H19BrFN3O3. The summed E-state index contributed by atoms with van der Waals surface area (Å²) in [7, 11) is 0. The van der Waals surface area contributed by atoms with Crippen molar-refractivity contribution in [2.24, 2.45) is 0 Å². The molecule has 1 atom stereocenters. The Bertz CT molecular complexity index is 1140. The third-order valence-corrected chi connectivity index (χ3v) is 5.73. The minimum absolute atomic E-state index is 0.0412. The number of Topliss-reactive ketones (excluding diaryl/α,β-unsaturated/α-hetero) is 1. The van der Waals surface area contributed by atoms with Crippen LogP contribution in [0.25, 0.3) is 5.76 Å². The van der Waals surface area contributed by atoms with Gasteiger partial charge in [-0.25, -0.2) is 9.37 Å². The van der Waals surface area contributed by atoms with Gasteiger partial charge in [0, 0.05) is 35.5 Å². The number of nitrogens with zero attached hydrogens (tertiary/aromatic N) is 3. The average Bonchev–Trinajstić information content (AvgIpc) is 3.36. The van der Waals surface area contributed by atoms with Gasteiger partial charge < -0.3 is 14.6 Å². The van der Waals surface area contributed by atoms with Crippen molar-refractivity contribution in [1.82, 2.24) is 14.5 Å². The van der Waals surface area contributed by atoms with Gasteiger partial charge in [-0.05, 0) is 36.2 Å². The fraction of sp³-hybridized carbons (Fsp3) is 0.174. The minimum Gasteiger partial charge on any atom is -0.507 e. The number of aryl methyl sites for hydroxylation is 1. The van der Waals surface area contributed by atoms with Gasteiger partial charge in [0.1, 0.15) is 11.6 Å². The predicted octanol–water partition coefficient (Wildman–Crippen LogP) is 4.30. The number of likely N-dealkylation sites (tertiary alicyclic amines) is 1. The molecular weight excluding hydrogens is 465 g/mol. The lowest BCUT2D eigenvalue weighted by atomic mass is 9.95. The number of rotatable bonds is 6. The van der Waals surface area contributed by atoms with Crippen molar-refractivity contribution in [2.45, 2.75) is 19.0 Å². The molecule has 0 spiro atoms. The van der Waals surface area contributed by atoms with Gasteiger partial charge in [0.05, 0.1) is 17.9 Å². The highest BCUT2D eigenvalue weighted by Crippen LogP contribution is 2.39. The Morgan fingerprint density at radius 2 is 1.90 bits per heavy atom. The van der Waals surface area contributed by atoms with Crippen LogP contribution in [0.4, 0.5) is 4.39 Å². The second kappa shape index (κ2) is 8.85. The molecule has 0 aliphatic carbocycles. The first-order valence-corrected chi connectivity index (χ1v) is 10.5. The van der Waals surface area contributed by atoms with Gasteiger partial charge in [-0.3, -0.25) is 9.59 Å². The van der Waals surface area contributed by atoms with E-state index in [1.54, 1.807) is 42.9 Å². The fourth-order valence-corrected chi connectivity index (χ4v) is 4.00. The van der Waals surface area contributed by atoms with Gasteiger partial charge in [-0.15, -0.1) is 0 Å². The van der Waals surface area contributed by atoms with Crippen LogP contribution < -0.4 is 0 Å². The van der Waals surface area contributed by atoms with Crippen molar-refractivity contribution in [2.75, 3.05) is 6.54 Å². The number of aliphatic hydroxyl groups is 1. The van der Waals surface area contributed by atoms with Crippen LogP contribution in [-0.2, 0) is 16.1 Å². The molecule has 0 bridgehead atoms. The molecule has 2 aromatic carbocycles. The number of aromatic nitrogens is 2. The summed E-state index contributed by atoms with van der Waals surface area (Å²) < 4.78 is 16.7. The van der Waals surface area contributed by atoms with Gasteiger partial charge >= 0.3 is 0 Å². The summed E-state index contributed by atoms with van der Waals surface area (Å²) in [6.07, 6.45) is 5.71. The number of amides is 1. The zero-order chi connectivity index (χ0) is 22.0. The number of carbonyl (C=O) groups is 2. The van der Waals surface area contributed by atoms with E-state index in [9.17, 15) is 19.1 Å². The molecule has 1 fully saturated rings. The number of carbonyl (C=O) groups excluding carboxylic acids is 2. The van der Waals surface area contributed by atoms with Crippen molar-refractivity contribution < 1.29 is 19.1 Å². The molecule has 1 aliphatic heterocycles. The third kappa shape index (κ3) is 4.29. The fourth-order valence-electron chi connectivity index (χ4n) is 3.74. The Kier molecular flexibility index (Phi) is 5.99. The second-order valence-corrected chi connectivity index (χ2v) is 8.12. The number of ketones is 1. The summed E-state index contributed by atoms with van der Waals surface area (Å²) in [5, 5.41) is 11.0. The lowest BCUT2D eigenvalue weighted by Gasteiger charge is -2.25. The van der Waals surface area contributed by atoms with Crippen LogP contribution in [0.15, 0.2) is 77.3 Å². The Hall–Kier alpha value is -3.26. The van der Waals surface area contributed by atoms with Crippen molar-refractivity contribution >= 4 is 33.4 Å². The van der Waals surface area contributed by atoms with Crippen LogP contribution in [0, 0.1) is 5.82 Å². The quantitative estimate of drug-likeness (QED) is 0.322. The summed E-state index contributed by atoms with van der Waals surface area (Å²) in [5.41, 5.74) is 0.794. The molecule has 1 aromatic heterocycles. The number of aliphatic hydroxyl groups excluding tert-OH is 1. The smallest absolute Gasteiger partial charge is 0.295 e. The van der Waals surface area contributed by atoms with E-state index in [2.05, 4.69) is 20.9 Å². The zero-order valence-corrected chi connectivity index (χ0v) is 18.0. The molecule has 31 heavy (non-hydrogen) atoms. The van der Waals surface area contributed by atoms with Crippen LogP contribution in [0.3, 0.4) is 0 Å². The van der Waals surface area contributed by atoms with E-state index in [4.69, 9.17) is 0 Å². The van der Waals surface area contributed by atoms with Gasteiger partial charge in [-0.1, -0.05) is 40.2 Å². The lowest BCUT2D eigenvalue weighted by molar-refractivity contribution is -0.139. The van der Waals surface area contributed by atoms with Crippen LogP contribution in [-0.4, -0.2) is 37.8 Å². The minimum atomic E-state index is -0.873. The van der Waals surface area contributed by atoms with Gasteiger partial charge in [0.15, 0.2) is 0 Å². The highest BCUT2D eigenvalue weighted by Gasteiger charge is 2.45. The molecule has 8 heteroatoms. The molecule has 4 rings (SSSR count). The number of halogens is 2. The van der Waals surface area contributed by atoms with Crippen molar-refractivity contribution in [3.05, 3.63) is 94.2 Å². The van der Waals surface area contributed by atoms with E-state index in [0.717, 1.165) is 4.47 Å². The molecule has 1 amide bonds. The highest BCUT2D eigenvalue weighted by atomic mass is 79.9. The van der Waals surface area contributed by atoms with Crippen LogP contribution in [0.5, 0.6) is 0 Å². The largest absolute Gasteiger partial charge is 0.507 e. The lowest BCUT2D eigenvalue weighted by Crippen LogP contribution is -2.31. The number of benzene rings is 2. The molecule has 158 valence electrons. The molecule has 1 N–H and O–H groups in total. The van der Waals surface area contributed by atoms with E-state index in [1.807, 2.05) is 10.8 Å². The molecule has 0 radical (unpaired) electrons. The second-order valence-electron chi connectivity index (χ2n) is 7.21. The maximum Gasteiger partial charge on any atom is 0.295 e. The van der Waals surface area contributed by atoms with Crippen LogP contribution in [0.2, 0.25) is 0 Å². The number of imidazole rings is 1. The van der Waals surface area contributed by atoms with Crippen LogP contribution >= 0.6 is 15.9 Å². The molecule has 0 unspecified atom stereocenters. The van der Waals surface area contributed by atoms with Crippen LogP contribution in [0.1, 0.15) is 23.6 Å².